The molecule has 0 spiro atoms. The maximum atomic E-state index is 11.1. The molecule has 0 amide bonds. The molecule has 3 heteroatoms. The first-order chi connectivity index (χ1) is 6.09. The van der Waals surface area contributed by atoms with E-state index in [4.69, 9.17) is 0 Å². The van der Waals surface area contributed by atoms with Crippen molar-refractivity contribution in [2.45, 2.75) is 19.3 Å². The highest BCUT2D eigenvalue weighted by Crippen LogP contribution is 2.27. The second-order valence-electron chi connectivity index (χ2n) is 3.81. The number of hydrogen-bond acceptors (Lipinski definition) is 1. The van der Waals surface area contributed by atoms with Crippen LogP contribution in [0.2, 0.25) is 0 Å². The van der Waals surface area contributed by atoms with Gasteiger partial charge in [0.2, 0.25) is 0 Å². The van der Waals surface area contributed by atoms with E-state index in [1.165, 1.54) is 0 Å². The summed E-state index contributed by atoms with van der Waals surface area (Å²) in [5.41, 5.74) is 1.57. The molecule has 1 aliphatic carbocycles. The Bertz CT molecular complexity index is 432. The van der Waals surface area contributed by atoms with Crippen molar-refractivity contribution in [1.82, 2.24) is 9.97 Å². The summed E-state index contributed by atoms with van der Waals surface area (Å²) in [5, 5.41) is 0. The quantitative estimate of drug-likeness (QED) is 0.619. The van der Waals surface area contributed by atoms with Crippen LogP contribution in [0.15, 0.2) is 23.0 Å². The maximum Gasteiger partial charge on any atom is 0.323 e. The number of rotatable bonds is 0. The lowest BCUT2D eigenvalue weighted by atomic mass is 9.88. The van der Waals surface area contributed by atoms with Crippen molar-refractivity contribution in [3.05, 3.63) is 40.1 Å². The Kier molecular flexibility index (Phi) is 1.55. The highest BCUT2D eigenvalue weighted by atomic mass is 16.1. The molecule has 1 heterocycles. The summed E-state index contributed by atoms with van der Waals surface area (Å²) in [6, 6.07) is 0. The van der Waals surface area contributed by atoms with E-state index in [0.717, 1.165) is 11.4 Å². The maximum absolute atomic E-state index is 11.1. The molecular formula is C10H12N2O. The molecule has 68 valence electrons. The third-order valence-corrected chi connectivity index (χ3v) is 2.29. The molecule has 2 rings (SSSR count). The minimum Gasteiger partial charge on any atom is -0.309 e. The monoisotopic (exact) mass is 176 g/mol. The number of nitrogens with one attached hydrogen (secondary N) is 2. The molecular weight excluding hydrogens is 164 g/mol. The van der Waals surface area contributed by atoms with Gasteiger partial charge in [-0.3, -0.25) is 0 Å². The fourth-order valence-corrected chi connectivity index (χ4v) is 1.56. The topological polar surface area (TPSA) is 48.6 Å². The number of H-pyrrole nitrogens is 2. The molecule has 0 bridgehead atoms. The standard InChI is InChI=1S/C10H12N2O/c1-10(2)6-4-3-5-7-8(10)12-9(13)11-7/h3-6H,1-2H3,(H2,11,12,13). The van der Waals surface area contributed by atoms with Gasteiger partial charge < -0.3 is 9.97 Å². The Morgan fingerprint density at radius 1 is 1.23 bits per heavy atom. The predicted octanol–water partition coefficient (Wildman–Crippen LogP) is 1.56. The van der Waals surface area contributed by atoms with Crippen molar-refractivity contribution in [2.24, 2.45) is 0 Å². The molecule has 0 atom stereocenters. The summed E-state index contributed by atoms with van der Waals surface area (Å²) in [5.74, 6) is 0. The zero-order valence-corrected chi connectivity index (χ0v) is 7.72. The van der Waals surface area contributed by atoms with Gasteiger partial charge in [-0.05, 0) is 6.08 Å². The largest absolute Gasteiger partial charge is 0.323 e. The van der Waals surface area contributed by atoms with Crippen molar-refractivity contribution in [3.8, 4) is 0 Å². The number of fused-ring (bicyclic) bond motifs is 1. The minimum absolute atomic E-state index is 0.113. The lowest BCUT2D eigenvalue weighted by Crippen LogP contribution is -2.16. The van der Waals surface area contributed by atoms with Gasteiger partial charge in [0.05, 0.1) is 11.4 Å². The van der Waals surface area contributed by atoms with Crippen LogP contribution in [-0.2, 0) is 5.41 Å². The molecule has 0 radical (unpaired) electrons. The van der Waals surface area contributed by atoms with Crippen LogP contribution in [0.5, 0.6) is 0 Å². The van der Waals surface area contributed by atoms with E-state index in [-0.39, 0.29) is 11.1 Å². The number of hydrogen-bond donors (Lipinski definition) is 2. The van der Waals surface area contributed by atoms with Crippen molar-refractivity contribution in [2.75, 3.05) is 0 Å². The van der Waals surface area contributed by atoms with Crippen LogP contribution < -0.4 is 5.69 Å². The van der Waals surface area contributed by atoms with Gasteiger partial charge in [0.25, 0.3) is 0 Å². The highest BCUT2D eigenvalue weighted by Gasteiger charge is 2.23. The van der Waals surface area contributed by atoms with E-state index in [1.54, 1.807) is 0 Å². The molecule has 0 saturated carbocycles. The summed E-state index contributed by atoms with van der Waals surface area (Å²) >= 11 is 0. The smallest absolute Gasteiger partial charge is 0.309 e. The Hall–Kier alpha value is -1.51. The average molecular weight is 176 g/mol. The SMILES string of the molecule is CC1(C)C=CC=Cc2[nH]c(=O)[nH]c21. The van der Waals surface area contributed by atoms with Crippen LogP contribution >= 0.6 is 0 Å². The minimum atomic E-state index is -0.141. The van der Waals surface area contributed by atoms with Crippen LogP contribution in [0.4, 0.5) is 0 Å². The van der Waals surface area contributed by atoms with Crippen LogP contribution in [-0.4, -0.2) is 9.97 Å². The molecule has 1 aromatic heterocycles. The molecule has 0 fully saturated rings. The molecule has 0 aliphatic heterocycles. The van der Waals surface area contributed by atoms with Gasteiger partial charge in [-0.25, -0.2) is 4.79 Å². The van der Waals surface area contributed by atoms with Crippen molar-refractivity contribution in [1.29, 1.82) is 0 Å². The summed E-state index contributed by atoms with van der Waals surface area (Å²) in [6.45, 7) is 4.14. The van der Waals surface area contributed by atoms with E-state index in [9.17, 15) is 4.79 Å². The highest BCUT2D eigenvalue weighted by molar-refractivity contribution is 5.54. The first-order valence-corrected chi connectivity index (χ1v) is 4.28. The Morgan fingerprint density at radius 3 is 2.77 bits per heavy atom. The van der Waals surface area contributed by atoms with Gasteiger partial charge in [0.15, 0.2) is 0 Å². The van der Waals surface area contributed by atoms with Gasteiger partial charge in [-0.15, -0.1) is 0 Å². The number of allylic oxidation sites excluding steroid dienone is 3. The second kappa shape index (κ2) is 2.49. The van der Waals surface area contributed by atoms with Gasteiger partial charge in [-0.1, -0.05) is 32.1 Å². The Labute approximate surface area is 76.2 Å². The van der Waals surface area contributed by atoms with Gasteiger partial charge in [-0.2, -0.15) is 0 Å². The molecule has 0 aromatic carbocycles. The van der Waals surface area contributed by atoms with Gasteiger partial charge >= 0.3 is 5.69 Å². The number of aromatic amines is 2. The van der Waals surface area contributed by atoms with Crippen LogP contribution in [0, 0.1) is 0 Å². The molecule has 0 saturated heterocycles. The van der Waals surface area contributed by atoms with Crippen molar-refractivity contribution >= 4 is 6.08 Å². The third-order valence-electron chi connectivity index (χ3n) is 2.29. The van der Waals surface area contributed by atoms with Crippen molar-refractivity contribution in [3.63, 3.8) is 0 Å². The molecule has 1 aliphatic rings. The average Bonchev–Trinajstić information content (AvgIpc) is 2.36. The molecule has 3 nitrogen and oxygen atoms in total. The molecule has 0 unspecified atom stereocenters. The lowest BCUT2D eigenvalue weighted by molar-refractivity contribution is 0.646. The Morgan fingerprint density at radius 2 is 2.00 bits per heavy atom. The molecule has 2 N–H and O–H groups in total. The Balaban J connectivity index is 2.69. The van der Waals surface area contributed by atoms with Gasteiger partial charge in [0, 0.05) is 5.41 Å². The van der Waals surface area contributed by atoms with Crippen LogP contribution in [0.3, 0.4) is 0 Å². The summed E-state index contributed by atoms with van der Waals surface area (Å²) < 4.78 is 0. The lowest BCUT2D eigenvalue weighted by Gasteiger charge is -2.17. The van der Waals surface area contributed by atoms with Crippen LogP contribution in [0.1, 0.15) is 25.2 Å². The zero-order valence-electron chi connectivity index (χ0n) is 7.72. The van der Waals surface area contributed by atoms with Gasteiger partial charge in [0.1, 0.15) is 0 Å². The second-order valence-corrected chi connectivity index (χ2v) is 3.81. The predicted molar refractivity (Wildman–Crippen MR) is 52.6 cm³/mol. The van der Waals surface area contributed by atoms with Crippen LogP contribution in [0.25, 0.3) is 6.08 Å². The first-order valence-electron chi connectivity index (χ1n) is 4.28. The number of imidazole rings is 1. The normalized spacial score (nSPS) is 18.3. The van der Waals surface area contributed by atoms with E-state index >= 15 is 0 Å². The molecule has 1 aromatic rings. The summed E-state index contributed by atoms with van der Waals surface area (Å²) in [6.07, 6.45) is 7.89. The first kappa shape index (κ1) is 8.10. The van der Waals surface area contributed by atoms with E-state index < -0.39 is 0 Å². The summed E-state index contributed by atoms with van der Waals surface area (Å²) in [4.78, 5) is 16.7. The van der Waals surface area contributed by atoms with E-state index in [1.807, 2.05) is 18.2 Å². The van der Waals surface area contributed by atoms with Crippen molar-refractivity contribution < 1.29 is 0 Å². The summed E-state index contributed by atoms with van der Waals surface area (Å²) in [7, 11) is 0. The number of aromatic nitrogens is 2. The fraction of sp³-hybridized carbons (Fsp3) is 0.300. The third kappa shape index (κ3) is 1.26. The van der Waals surface area contributed by atoms with E-state index in [2.05, 4.69) is 29.9 Å². The van der Waals surface area contributed by atoms with E-state index in [0.29, 0.717) is 0 Å². The molecule has 13 heavy (non-hydrogen) atoms. The zero-order chi connectivity index (χ0) is 9.47. The fourth-order valence-electron chi connectivity index (χ4n) is 1.56.